The highest BCUT2D eigenvalue weighted by Crippen LogP contribution is 2.10. The van der Waals surface area contributed by atoms with Gasteiger partial charge in [0, 0.05) is 11.7 Å². The van der Waals surface area contributed by atoms with E-state index in [0.29, 0.717) is 12.2 Å². The summed E-state index contributed by atoms with van der Waals surface area (Å²) in [6, 6.07) is 3.69. The van der Waals surface area contributed by atoms with Crippen LogP contribution in [-0.2, 0) is 0 Å². The molecule has 0 fully saturated rings. The normalized spacial score (nSPS) is 11.2. The highest BCUT2D eigenvalue weighted by molar-refractivity contribution is 5.94. The maximum atomic E-state index is 11.9. The maximum Gasteiger partial charge on any atom is 0.270 e. The first-order valence-electron chi connectivity index (χ1n) is 5.40. The molecule has 0 saturated heterocycles. The average molecular weight is 221 g/mol. The van der Waals surface area contributed by atoms with Gasteiger partial charge in [-0.15, -0.1) is 0 Å². The van der Waals surface area contributed by atoms with Gasteiger partial charge in [-0.2, -0.15) is 0 Å². The molecule has 0 aliphatic heterocycles. The fourth-order valence-corrected chi connectivity index (χ4v) is 1.51. The predicted octanol–water partition coefficient (Wildman–Crippen LogP) is 1.25. The van der Waals surface area contributed by atoms with Gasteiger partial charge in [-0.25, -0.2) is 0 Å². The van der Waals surface area contributed by atoms with Crippen molar-refractivity contribution in [2.24, 2.45) is 5.73 Å². The molecule has 0 spiro atoms. The van der Waals surface area contributed by atoms with Crippen LogP contribution in [0.2, 0.25) is 0 Å². The largest absolute Gasteiger partial charge is 0.346 e. The minimum Gasteiger partial charge on any atom is -0.346 e. The molecule has 0 atom stereocenters. The molecular formula is C12H19N3O. The van der Waals surface area contributed by atoms with E-state index in [-0.39, 0.29) is 11.4 Å². The third-order valence-corrected chi connectivity index (χ3v) is 2.45. The highest BCUT2D eigenvalue weighted by Gasteiger charge is 2.21. The Morgan fingerprint density at radius 1 is 1.56 bits per heavy atom. The van der Waals surface area contributed by atoms with E-state index in [0.717, 1.165) is 12.0 Å². The third-order valence-electron chi connectivity index (χ3n) is 2.45. The maximum absolute atomic E-state index is 11.9. The van der Waals surface area contributed by atoms with Crippen molar-refractivity contribution in [3.05, 3.63) is 29.6 Å². The summed E-state index contributed by atoms with van der Waals surface area (Å²) < 4.78 is 0. The van der Waals surface area contributed by atoms with E-state index in [2.05, 4.69) is 10.3 Å². The zero-order chi connectivity index (χ0) is 12.2. The van der Waals surface area contributed by atoms with Gasteiger partial charge in [-0.05, 0) is 45.4 Å². The van der Waals surface area contributed by atoms with Gasteiger partial charge >= 0.3 is 0 Å². The van der Waals surface area contributed by atoms with Crippen molar-refractivity contribution in [2.75, 3.05) is 6.54 Å². The molecule has 0 aromatic carbocycles. The monoisotopic (exact) mass is 221 g/mol. The fraction of sp³-hybridized carbons (Fsp3) is 0.500. The smallest absolute Gasteiger partial charge is 0.270 e. The molecule has 0 unspecified atom stereocenters. The third kappa shape index (κ3) is 3.31. The zero-order valence-corrected chi connectivity index (χ0v) is 10.1. The number of carbonyl (C=O) groups is 1. The lowest BCUT2D eigenvalue weighted by molar-refractivity contribution is 0.0904. The highest BCUT2D eigenvalue weighted by atomic mass is 16.2. The number of pyridine rings is 1. The number of aryl methyl sites for hydroxylation is 1. The molecule has 1 amide bonds. The zero-order valence-electron chi connectivity index (χ0n) is 10.1. The van der Waals surface area contributed by atoms with Crippen molar-refractivity contribution >= 4 is 5.91 Å². The molecule has 1 rings (SSSR count). The number of hydrogen-bond acceptors (Lipinski definition) is 3. The Bertz CT molecular complexity index is 374. The van der Waals surface area contributed by atoms with E-state index in [1.165, 1.54) is 0 Å². The molecule has 4 nitrogen and oxygen atoms in total. The molecule has 1 aromatic heterocycles. The first-order chi connectivity index (χ1) is 7.46. The van der Waals surface area contributed by atoms with Crippen molar-refractivity contribution in [3.8, 4) is 0 Å². The van der Waals surface area contributed by atoms with Gasteiger partial charge in [0.15, 0.2) is 0 Å². The molecule has 1 heterocycles. The van der Waals surface area contributed by atoms with Crippen molar-refractivity contribution in [2.45, 2.75) is 32.7 Å². The first-order valence-corrected chi connectivity index (χ1v) is 5.40. The molecular weight excluding hydrogens is 202 g/mol. The van der Waals surface area contributed by atoms with E-state index >= 15 is 0 Å². The van der Waals surface area contributed by atoms with Crippen molar-refractivity contribution in [1.29, 1.82) is 0 Å². The first kappa shape index (κ1) is 12.6. The lowest BCUT2D eigenvalue weighted by atomic mass is 10.0. The lowest BCUT2D eigenvalue weighted by Crippen LogP contribution is -2.45. The second-order valence-corrected chi connectivity index (χ2v) is 4.55. The van der Waals surface area contributed by atoms with Crippen LogP contribution in [0.4, 0.5) is 0 Å². The number of amides is 1. The summed E-state index contributed by atoms with van der Waals surface area (Å²) in [6.45, 7) is 6.33. The number of nitrogens with zero attached hydrogens (tertiary/aromatic N) is 1. The second kappa shape index (κ2) is 5.07. The molecule has 0 bridgehead atoms. The quantitative estimate of drug-likeness (QED) is 0.804. The Balaban J connectivity index is 2.77. The number of carbonyl (C=O) groups excluding carboxylic acids is 1. The average Bonchev–Trinajstić information content (AvgIpc) is 2.17. The molecule has 3 N–H and O–H groups in total. The molecule has 0 aliphatic carbocycles. The fourth-order valence-electron chi connectivity index (χ4n) is 1.51. The lowest BCUT2D eigenvalue weighted by Gasteiger charge is -2.25. The van der Waals surface area contributed by atoms with Crippen molar-refractivity contribution in [1.82, 2.24) is 10.3 Å². The minimum atomic E-state index is -0.296. The SMILES string of the molecule is Cc1cccnc1C(=O)NC(C)(C)CCN. The van der Waals surface area contributed by atoms with Gasteiger partial charge in [0.05, 0.1) is 0 Å². The van der Waals surface area contributed by atoms with Crippen LogP contribution in [0.3, 0.4) is 0 Å². The number of hydrogen-bond donors (Lipinski definition) is 2. The summed E-state index contributed by atoms with van der Waals surface area (Å²) in [7, 11) is 0. The summed E-state index contributed by atoms with van der Waals surface area (Å²) in [5, 5.41) is 2.93. The minimum absolute atomic E-state index is 0.142. The van der Waals surface area contributed by atoms with Crippen LogP contribution < -0.4 is 11.1 Å². The van der Waals surface area contributed by atoms with E-state index in [1.807, 2.05) is 32.9 Å². The summed E-state index contributed by atoms with van der Waals surface area (Å²) in [4.78, 5) is 16.0. The number of nitrogens with one attached hydrogen (secondary N) is 1. The topological polar surface area (TPSA) is 68.0 Å². The molecule has 1 aromatic rings. The second-order valence-electron chi connectivity index (χ2n) is 4.55. The van der Waals surface area contributed by atoms with E-state index < -0.39 is 0 Å². The van der Waals surface area contributed by atoms with Gasteiger partial charge in [0.2, 0.25) is 0 Å². The van der Waals surface area contributed by atoms with Gasteiger partial charge in [-0.1, -0.05) is 6.07 Å². The van der Waals surface area contributed by atoms with Crippen LogP contribution in [0.15, 0.2) is 18.3 Å². The van der Waals surface area contributed by atoms with Crippen LogP contribution in [0.25, 0.3) is 0 Å². The predicted molar refractivity (Wildman–Crippen MR) is 64.2 cm³/mol. The van der Waals surface area contributed by atoms with Crippen LogP contribution in [-0.4, -0.2) is 23.0 Å². The van der Waals surface area contributed by atoms with E-state index in [1.54, 1.807) is 6.20 Å². The Morgan fingerprint density at radius 3 is 2.81 bits per heavy atom. The van der Waals surface area contributed by atoms with Crippen LogP contribution in [0, 0.1) is 6.92 Å². The molecule has 4 heteroatoms. The summed E-state index contributed by atoms with van der Waals surface area (Å²) >= 11 is 0. The van der Waals surface area contributed by atoms with E-state index in [9.17, 15) is 4.79 Å². The van der Waals surface area contributed by atoms with Crippen LogP contribution in [0.1, 0.15) is 36.3 Å². The van der Waals surface area contributed by atoms with Gasteiger partial charge in [0.25, 0.3) is 5.91 Å². The molecule has 16 heavy (non-hydrogen) atoms. The van der Waals surface area contributed by atoms with Gasteiger partial charge in [0.1, 0.15) is 5.69 Å². The van der Waals surface area contributed by atoms with Gasteiger partial charge < -0.3 is 11.1 Å². The summed E-state index contributed by atoms with van der Waals surface area (Å²) in [6.07, 6.45) is 2.36. The van der Waals surface area contributed by atoms with Crippen molar-refractivity contribution < 1.29 is 4.79 Å². The number of aromatic nitrogens is 1. The Kier molecular flexibility index (Phi) is 4.01. The number of nitrogens with two attached hydrogens (primary N) is 1. The summed E-state index contributed by atoms with van der Waals surface area (Å²) in [5.74, 6) is -0.142. The van der Waals surface area contributed by atoms with E-state index in [4.69, 9.17) is 5.73 Å². The van der Waals surface area contributed by atoms with Crippen LogP contribution >= 0.6 is 0 Å². The molecule has 88 valence electrons. The molecule has 0 saturated carbocycles. The Labute approximate surface area is 96.3 Å². The molecule has 0 radical (unpaired) electrons. The van der Waals surface area contributed by atoms with Crippen LogP contribution in [0.5, 0.6) is 0 Å². The van der Waals surface area contributed by atoms with Crippen molar-refractivity contribution in [3.63, 3.8) is 0 Å². The summed E-state index contributed by atoms with van der Waals surface area (Å²) in [5.41, 5.74) is 6.55. The molecule has 0 aliphatic rings. The Hall–Kier alpha value is -1.42. The number of rotatable bonds is 4. The van der Waals surface area contributed by atoms with Gasteiger partial charge in [-0.3, -0.25) is 9.78 Å². The standard InChI is InChI=1S/C12H19N3O/c1-9-5-4-8-14-10(9)11(16)15-12(2,3)6-7-13/h4-5,8H,6-7,13H2,1-3H3,(H,15,16). The Morgan fingerprint density at radius 2 is 2.25 bits per heavy atom.